The molecule has 1 aromatic heterocycles. The average molecular weight is 235 g/mol. The summed E-state index contributed by atoms with van der Waals surface area (Å²) in [5.74, 6) is 0. The van der Waals surface area contributed by atoms with E-state index in [4.69, 9.17) is 10.5 Å². The summed E-state index contributed by atoms with van der Waals surface area (Å²) in [6.45, 7) is 2.71. The molecule has 0 saturated carbocycles. The molecule has 0 spiro atoms. The fourth-order valence-electron chi connectivity index (χ4n) is 2.52. The summed E-state index contributed by atoms with van der Waals surface area (Å²) in [4.78, 5) is 6.48. The van der Waals surface area contributed by atoms with Crippen LogP contribution in [-0.2, 0) is 4.74 Å². The van der Waals surface area contributed by atoms with Gasteiger partial charge < -0.3 is 10.5 Å². The van der Waals surface area contributed by atoms with Gasteiger partial charge in [0.05, 0.1) is 6.10 Å². The maximum absolute atomic E-state index is 5.92. The Morgan fingerprint density at radius 2 is 2.29 bits per heavy atom. The highest BCUT2D eigenvalue weighted by atomic mass is 16.5. The molecule has 1 aromatic rings. The lowest BCUT2D eigenvalue weighted by atomic mass is 10.0. The van der Waals surface area contributed by atoms with Crippen LogP contribution in [0.3, 0.4) is 0 Å². The van der Waals surface area contributed by atoms with Gasteiger partial charge in [-0.2, -0.15) is 0 Å². The van der Waals surface area contributed by atoms with Gasteiger partial charge in [-0.15, -0.1) is 0 Å². The molecule has 1 aliphatic rings. The molecule has 1 fully saturated rings. The minimum Gasteiger partial charge on any atom is -0.380 e. The topological polar surface area (TPSA) is 51.4 Å². The number of ether oxygens (including phenoxy) is 1. The van der Waals surface area contributed by atoms with E-state index < -0.39 is 0 Å². The Morgan fingerprint density at radius 1 is 1.53 bits per heavy atom. The standard InChI is InChI=1S/C13H21N3O/c1-17-12-3-2-8-16(10-12)13(9-14)11-4-6-15-7-5-11/h4-7,12-13H,2-3,8-10,14H2,1H3. The van der Waals surface area contributed by atoms with Crippen molar-refractivity contribution in [2.24, 2.45) is 5.73 Å². The molecule has 2 atom stereocenters. The lowest BCUT2D eigenvalue weighted by Crippen LogP contribution is -2.43. The number of nitrogens with two attached hydrogens (primary N) is 1. The third-order valence-corrected chi connectivity index (χ3v) is 3.50. The fraction of sp³-hybridized carbons (Fsp3) is 0.615. The smallest absolute Gasteiger partial charge is 0.0698 e. The van der Waals surface area contributed by atoms with Crippen molar-refractivity contribution in [3.63, 3.8) is 0 Å². The molecule has 2 heterocycles. The van der Waals surface area contributed by atoms with Crippen molar-refractivity contribution < 1.29 is 4.74 Å². The normalized spacial score (nSPS) is 23.5. The summed E-state index contributed by atoms with van der Waals surface area (Å²) in [6, 6.07) is 4.39. The lowest BCUT2D eigenvalue weighted by molar-refractivity contribution is 0.0155. The molecule has 0 aliphatic carbocycles. The molecule has 0 bridgehead atoms. The fourth-order valence-corrected chi connectivity index (χ4v) is 2.52. The van der Waals surface area contributed by atoms with Crippen LogP contribution in [0.4, 0.5) is 0 Å². The van der Waals surface area contributed by atoms with Crippen molar-refractivity contribution in [2.75, 3.05) is 26.7 Å². The van der Waals surface area contributed by atoms with Crippen LogP contribution < -0.4 is 5.73 Å². The summed E-state index contributed by atoms with van der Waals surface area (Å²) >= 11 is 0. The third kappa shape index (κ3) is 3.03. The average Bonchev–Trinajstić information content (AvgIpc) is 2.41. The first-order chi connectivity index (χ1) is 8.35. The van der Waals surface area contributed by atoms with E-state index in [1.165, 1.54) is 12.0 Å². The highest BCUT2D eigenvalue weighted by molar-refractivity contribution is 5.16. The minimum absolute atomic E-state index is 0.288. The zero-order chi connectivity index (χ0) is 12.1. The predicted octanol–water partition coefficient (Wildman–Crippen LogP) is 1.19. The predicted molar refractivity (Wildman–Crippen MR) is 67.6 cm³/mol. The van der Waals surface area contributed by atoms with Gasteiger partial charge in [-0.05, 0) is 37.1 Å². The number of likely N-dealkylation sites (tertiary alicyclic amines) is 1. The molecule has 0 aromatic carbocycles. The van der Waals surface area contributed by atoms with Gasteiger partial charge in [-0.25, -0.2) is 0 Å². The Bertz CT molecular complexity index is 331. The van der Waals surface area contributed by atoms with Crippen LogP contribution in [0.15, 0.2) is 24.5 Å². The van der Waals surface area contributed by atoms with E-state index in [9.17, 15) is 0 Å². The Labute approximate surface area is 103 Å². The maximum Gasteiger partial charge on any atom is 0.0698 e. The SMILES string of the molecule is COC1CCCN(C(CN)c2ccncc2)C1. The monoisotopic (exact) mass is 235 g/mol. The van der Waals surface area contributed by atoms with Gasteiger partial charge in [-0.1, -0.05) is 0 Å². The van der Waals surface area contributed by atoms with Crippen LogP contribution in [0.2, 0.25) is 0 Å². The number of rotatable bonds is 4. The zero-order valence-corrected chi connectivity index (χ0v) is 10.4. The van der Waals surface area contributed by atoms with Crippen LogP contribution in [0.5, 0.6) is 0 Å². The molecular weight excluding hydrogens is 214 g/mol. The number of pyridine rings is 1. The van der Waals surface area contributed by atoms with Crippen molar-refractivity contribution in [1.29, 1.82) is 0 Å². The number of piperidine rings is 1. The summed E-state index contributed by atoms with van der Waals surface area (Å²) in [5.41, 5.74) is 7.17. The number of methoxy groups -OCH3 is 1. The number of nitrogens with zero attached hydrogens (tertiary/aromatic N) is 2. The van der Waals surface area contributed by atoms with Crippen molar-refractivity contribution in [2.45, 2.75) is 25.0 Å². The number of hydrogen-bond donors (Lipinski definition) is 1. The second-order valence-corrected chi connectivity index (χ2v) is 4.53. The number of hydrogen-bond acceptors (Lipinski definition) is 4. The Hall–Kier alpha value is -0.970. The van der Waals surface area contributed by atoms with Gasteiger partial charge in [0, 0.05) is 38.6 Å². The summed E-state index contributed by atoms with van der Waals surface area (Å²) in [7, 11) is 1.79. The van der Waals surface area contributed by atoms with E-state index in [1.807, 2.05) is 24.5 Å². The Morgan fingerprint density at radius 3 is 2.94 bits per heavy atom. The molecule has 94 valence electrons. The summed E-state index contributed by atoms with van der Waals surface area (Å²) in [6.07, 6.45) is 6.34. The second kappa shape index (κ2) is 6.10. The van der Waals surface area contributed by atoms with E-state index in [-0.39, 0.29) is 6.04 Å². The van der Waals surface area contributed by atoms with Crippen LogP contribution in [0.25, 0.3) is 0 Å². The van der Waals surface area contributed by atoms with Gasteiger partial charge in [0.1, 0.15) is 0 Å². The van der Waals surface area contributed by atoms with Gasteiger partial charge >= 0.3 is 0 Å². The highest BCUT2D eigenvalue weighted by Gasteiger charge is 2.25. The number of aromatic nitrogens is 1. The summed E-state index contributed by atoms with van der Waals surface area (Å²) < 4.78 is 5.46. The van der Waals surface area contributed by atoms with Crippen molar-refractivity contribution >= 4 is 0 Å². The van der Waals surface area contributed by atoms with E-state index in [0.29, 0.717) is 12.6 Å². The molecule has 17 heavy (non-hydrogen) atoms. The Balaban J connectivity index is 2.08. The highest BCUT2D eigenvalue weighted by Crippen LogP contribution is 2.24. The molecule has 1 aliphatic heterocycles. The molecule has 4 heteroatoms. The van der Waals surface area contributed by atoms with Gasteiger partial charge in [0.15, 0.2) is 0 Å². The van der Waals surface area contributed by atoms with E-state index in [0.717, 1.165) is 19.5 Å². The third-order valence-electron chi connectivity index (χ3n) is 3.50. The molecule has 2 N–H and O–H groups in total. The minimum atomic E-state index is 0.288. The van der Waals surface area contributed by atoms with Crippen LogP contribution in [0, 0.1) is 0 Å². The lowest BCUT2D eigenvalue weighted by Gasteiger charge is -2.37. The van der Waals surface area contributed by atoms with Crippen LogP contribution >= 0.6 is 0 Å². The van der Waals surface area contributed by atoms with Crippen LogP contribution in [-0.4, -0.2) is 42.7 Å². The van der Waals surface area contributed by atoms with Crippen molar-refractivity contribution in [3.05, 3.63) is 30.1 Å². The Kier molecular flexibility index (Phi) is 4.48. The molecule has 1 saturated heterocycles. The molecule has 2 rings (SSSR count). The van der Waals surface area contributed by atoms with Gasteiger partial charge in [0.25, 0.3) is 0 Å². The van der Waals surface area contributed by atoms with E-state index >= 15 is 0 Å². The van der Waals surface area contributed by atoms with E-state index in [1.54, 1.807) is 7.11 Å². The molecule has 4 nitrogen and oxygen atoms in total. The summed E-state index contributed by atoms with van der Waals surface area (Å²) in [5, 5.41) is 0. The van der Waals surface area contributed by atoms with Crippen molar-refractivity contribution in [3.8, 4) is 0 Å². The van der Waals surface area contributed by atoms with Crippen LogP contribution in [0.1, 0.15) is 24.4 Å². The molecule has 2 unspecified atom stereocenters. The van der Waals surface area contributed by atoms with Gasteiger partial charge in [0.2, 0.25) is 0 Å². The first kappa shape index (κ1) is 12.5. The first-order valence-electron chi connectivity index (χ1n) is 6.22. The van der Waals surface area contributed by atoms with Crippen molar-refractivity contribution in [1.82, 2.24) is 9.88 Å². The maximum atomic E-state index is 5.92. The zero-order valence-electron chi connectivity index (χ0n) is 10.4. The van der Waals surface area contributed by atoms with E-state index in [2.05, 4.69) is 9.88 Å². The molecule has 0 amide bonds. The first-order valence-corrected chi connectivity index (χ1v) is 6.22. The molecular formula is C13H21N3O. The second-order valence-electron chi connectivity index (χ2n) is 4.53. The van der Waals surface area contributed by atoms with Gasteiger partial charge in [-0.3, -0.25) is 9.88 Å². The quantitative estimate of drug-likeness (QED) is 0.852. The molecule has 0 radical (unpaired) electrons. The largest absolute Gasteiger partial charge is 0.380 e.